The molecule has 152 valence electrons. The second-order valence-corrected chi connectivity index (χ2v) is 9.99. The van der Waals surface area contributed by atoms with Gasteiger partial charge in [-0.1, -0.05) is 94.9 Å². The SMILES string of the molecule is CCCC(C)C(OC(C(C)CCC)C(C)(C)CCC)C(C)(C)CCC. The van der Waals surface area contributed by atoms with Crippen LogP contribution in [0.5, 0.6) is 0 Å². The van der Waals surface area contributed by atoms with Gasteiger partial charge in [-0.2, -0.15) is 0 Å². The van der Waals surface area contributed by atoms with Crippen molar-refractivity contribution in [3.63, 3.8) is 0 Å². The predicted octanol–water partition coefficient (Wildman–Crippen LogP) is 8.27. The van der Waals surface area contributed by atoms with E-state index < -0.39 is 0 Å². The highest BCUT2D eigenvalue weighted by molar-refractivity contribution is 4.89. The average Bonchev–Trinajstić information content (AvgIpc) is 2.47. The lowest BCUT2D eigenvalue weighted by Gasteiger charge is -2.46. The summed E-state index contributed by atoms with van der Waals surface area (Å²) >= 11 is 0. The topological polar surface area (TPSA) is 9.23 Å². The smallest absolute Gasteiger partial charge is 0.0655 e. The van der Waals surface area contributed by atoms with E-state index in [9.17, 15) is 0 Å². The molecule has 0 amide bonds. The first-order chi connectivity index (χ1) is 11.6. The van der Waals surface area contributed by atoms with Crippen molar-refractivity contribution in [1.29, 1.82) is 0 Å². The molecule has 4 unspecified atom stereocenters. The fourth-order valence-electron chi connectivity index (χ4n) is 5.12. The van der Waals surface area contributed by atoms with Crippen molar-refractivity contribution in [2.45, 2.75) is 133 Å². The summed E-state index contributed by atoms with van der Waals surface area (Å²) < 4.78 is 7.11. The number of hydrogen-bond acceptors (Lipinski definition) is 1. The Labute approximate surface area is 160 Å². The molecule has 0 heterocycles. The van der Waals surface area contributed by atoms with E-state index >= 15 is 0 Å². The normalized spacial score (nSPS) is 18.0. The fraction of sp³-hybridized carbons (Fsp3) is 1.00. The summed E-state index contributed by atoms with van der Waals surface area (Å²) in [7, 11) is 0. The number of hydrogen-bond donors (Lipinski definition) is 0. The lowest BCUT2D eigenvalue weighted by molar-refractivity contribution is -0.159. The van der Waals surface area contributed by atoms with Gasteiger partial charge in [0.1, 0.15) is 0 Å². The van der Waals surface area contributed by atoms with E-state index in [1.54, 1.807) is 0 Å². The zero-order valence-electron chi connectivity index (χ0n) is 19.4. The quantitative estimate of drug-likeness (QED) is 0.305. The molecule has 0 saturated heterocycles. The molecule has 25 heavy (non-hydrogen) atoms. The van der Waals surface area contributed by atoms with E-state index in [1.165, 1.54) is 51.4 Å². The zero-order valence-corrected chi connectivity index (χ0v) is 19.4. The van der Waals surface area contributed by atoms with Gasteiger partial charge in [-0.25, -0.2) is 0 Å². The Morgan fingerprint density at radius 1 is 0.600 bits per heavy atom. The van der Waals surface area contributed by atoms with Crippen molar-refractivity contribution >= 4 is 0 Å². The fourth-order valence-corrected chi connectivity index (χ4v) is 5.12. The van der Waals surface area contributed by atoms with Gasteiger partial charge in [0.25, 0.3) is 0 Å². The van der Waals surface area contributed by atoms with Crippen LogP contribution in [-0.4, -0.2) is 12.2 Å². The second-order valence-electron chi connectivity index (χ2n) is 9.99. The summed E-state index contributed by atoms with van der Waals surface area (Å²) in [6.45, 7) is 23.8. The van der Waals surface area contributed by atoms with Crippen molar-refractivity contribution in [2.75, 3.05) is 0 Å². The molecule has 0 spiro atoms. The molecule has 1 nitrogen and oxygen atoms in total. The zero-order chi connectivity index (χ0) is 19.7. The van der Waals surface area contributed by atoms with Gasteiger partial charge in [0.05, 0.1) is 12.2 Å². The Balaban J connectivity index is 5.63. The summed E-state index contributed by atoms with van der Waals surface area (Å²) in [5.41, 5.74) is 0.492. The summed E-state index contributed by atoms with van der Waals surface area (Å²) in [5.74, 6) is 1.25. The van der Waals surface area contributed by atoms with Crippen LogP contribution in [0.15, 0.2) is 0 Å². The molecule has 0 aromatic heterocycles. The molecule has 0 bridgehead atoms. The maximum Gasteiger partial charge on any atom is 0.0655 e. The van der Waals surface area contributed by atoms with Crippen molar-refractivity contribution in [2.24, 2.45) is 22.7 Å². The minimum absolute atomic E-state index is 0.246. The second kappa shape index (κ2) is 11.6. The standard InChI is InChI=1S/C24H50O/c1-11-15-19(5)21(23(7,8)17-13-3)25-22(20(6)16-12-2)24(9,10)18-14-4/h19-22H,11-18H2,1-10H3. The van der Waals surface area contributed by atoms with E-state index in [-0.39, 0.29) is 10.8 Å². The van der Waals surface area contributed by atoms with E-state index in [0.29, 0.717) is 24.0 Å². The van der Waals surface area contributed by atoms with Crippen molar-refractivity contribution < 1.29 is 4.74 Å². The minimum atomic E-state index is 0.246. The molecule has 0 aliphatic rings. The Morgan fingerprint density at radius 3 is 1.16 bits per heavy atom. The highest BCUT2D eigenvalue weighted by Crippen LogP contribution is 2.42. The molecule has 0 fully saturated rings. The monoisotopic (exact) mass is 354 g/mol. The van der Waals surface area contributed by atoms with Gasteiger partial charge >= 0.3 is 0 Å². The van der Waals surface area contributed by atoms with Gasteiger partial charge in [-0.3, -0.25) is 0 Å². The first-order valence-electron chi connectivity index (χ1n) is 11.2. The Bertz CT molecular complexity index is 299. The summed E-state index contributed by atoms with van der Waals surface area (Å²) in [4.78, 5) is 0. The lowest BCUT2D eigenvalue weighted by Crippen LogP contribution is -2.46. The molecular weight excluding hydrogens is 304 g/mol. The van der Waals surface area contributed by atoms with Gasteiger partial charge in [0, 0.05) is 0 Å². The van der Waals surface area contributed by atoms with Gasteiger partial charge < -0.3 is 4.74 Å². The first kappa shape index (κ1) is 25.0. The van der Waals surface area contributed by atoms with Crippen LogP contribution in [0, 0.1) is 22.7 Å². The van der Waals surface area contributed by atoms with Gasteiger partial charge in [0.2, 0.25) is 0 Å². The molecule has 0 aliphatic heterocycles. The third-order valence-electron chi connectivity index (χ3n) is 6.14. The highest BCUT2D eigenvalue weighted by Gasteiger charge is 2.41. The molecule has 0 saturated carbocycles. The van der Waals surface area contributed by atoms with Crippen LogP contribution in [0.2, 0.25) is 0 Å². The molecule has 1 heteroatoms. The van der Waals surface area contributed by atoms with Gasteiger partial charge in [-0.05, 0) is 48.3 Å². The van der Waals surface area contributed by atoms with Crippen molar-refractivity contribution in [3.8, 4) is 0 Å². The number of ether oxygens (including phenoxy) is 1. The molecular formula is C24H50O. The Morgan fingerprint density at radius 2 is 0.920 bits per heavy atom. The largest absolute Gasteiger partial charge is 0.373 e. The van der Waals surface area contributed by atoms with Crippen LogP contribution in [0.25, 0.3) is 0 Å². The van der Waals surface area contributed by atoms with Crippen LogP contribution < -0.4 is 0 Å². The van der Waals surface area contributed by atoms with Gasteiger partial charge in [-0.15, -0.1) is 0 Å². The average molecular weight is 355 g/mol. The molecule has 0 aromatic rings. The summed E-state index contributed by atoms with van der Waals surface area (Å²) in [5, 5.41) is 0. The Kier molecular flexibility index (Phi) is 11.6. The van der Waals surface area contributed by atoms with Crippen LogP contribution >= 0.6 is 0 Å². The van der Waals surface area contributed by atoms with Crippen LogP contribution in [0.1, 0.15) is 121 Å². The van der Waals surface area contributed by atoms with Crippen molar-refractivity contribution in [3.05, 3.63) is 0 Å². The van der Waals surface area contributed by atoms with Crippen LogP contribution in [-0.2, 0) is 4.74 Å². The molecule has 0 radical (unpaired) electrons. The maximum atomic E-state index is 7.11. The summed E-state index contributed by atoms with van der Waals surface area (Å²) in [6.07, 6.45) is 10.7. The molecule has 0 aromatic carbocycles. The summed E-state index contributed by atoms with van der Waals surface area (Å²) in [6, 6.07) is 0. The third kappa shape index (κ3) is 8.02. The number of rotatable bonds is 14. The van der Waals surface area contributed by atoms with Crippen molar-refractivity contribution in [1.82, 2.24) is 0 Å². The maximum absolute atomic E-state index is 7.11. The van der Waals surface area contributed by atoms with Crippen LogP contribution in [0.4, 0.5) is 0 Å². The van der Waals surface area contributed by atoms with E-state index in [0.717, 1.165) is 0 Å². The molecule has 0 aliphatic carbocycles. The third-order valence-corrected chi connectivity index (χ3v) is 6.14. The lowest BCUT2D eigenvalue weighted by atomic mass is 9.72. The predicted molar refractivity (Wildman–Crippen MR) is 114 cm³/mol. The van der Waals surface area contributed by atoms with Crippen LogP contribution in [0.3, 0.4) is 0 Å². The first-order valence-corrected chi connectivity index (χ1v) is 11.2. The van der Waals surface area contributed by atoms with E-state index in [1.807, 2.05) is 0 Å². The minimum Gasteiger partial charge on any atom is -0.373 e. The molecule has 0 N–H and O–H groups in total. The molecule has 0 rings (SSSR count). The Hall–Kier alpha value is -0.0400. The molecule has 4 atom stereocenters. The van der Waals surface area contributed by atoms with E-state index in [4.69, 9.17) is 4.74 Å². The van der Waals surface area contributed by atoms with E-state index in [2.05, 4.69) is 69.2 Å². The van der Waals surface area contributed by atoms with Gasteiger partial charge in [0.15, 0.2) is 0 Å². The highest BCUT2D eigenvalue weighted by atomic mass is 16.5.